The minimum Gasteiger partial charge on any atom is -0.310 e. The normalized spacial score (nSPS) is 12.4. The van der Waals surface area contributed by atoms with Crippen molar-refractivity contribution in [3.63, 3.8) is 0 Å². The van der Waals surface area contributed by atoms with Gasteiger partial charge in [0.2, 0.25) is 0 Å². The van der Waals surface area contributed by atoms with E-state index in [-0.39, 0.29) is 0 Å². The second-order valence-electron chi connectivity index (χ2n) is 18.3. The molecule has 4 heteroatoms. The Morgan fingerprint density at radius 2 is 0.661 bits per heavy atom. The van der Waals surface area contributed by atoms with Crippen LogP contribution in [0, 0.1) is 0 Å². The van der Waals surface area contributed by atoms with Crippen LogP contribution in [-0.2, 0) is 0 Å². The van der Waals surface area contributed by atoms with Crippen molar-refractivity contribution in [2.24, 2.45) is 0 Å². The predicted octanol–water partition coefficient (Wildman–Crippen LogP) is 14.9. The fourth-order valence-electron chi connectivity index (χ4n) is 8.56. The lowest BCUT2D eigenvalue weighted by molar-refractivity contribution is 0.875. The SMILES string of the molecule is CC(C)c1cc(N(c2ccccc2)c2ccc([Si](C)(C)C)cc2)c2ccc3c(C(C)C)cc(N(c4ccccc4)c4ccc([Si](C)(C)C)cc4)c4ccc1c2c34. The van der Waals surface area contributed by atoms with Gasteiger partial charge in [0.1, 0.15) is 0 Å². The van der Waals surface area contributed by atoms with Gasteiger partial charge in [0.15, 0.2) is 0 Å². The third-order valence-electron chi connectivity index (χ3n) is 11.7. The minimum absolute atomic E-state index is 0.333. The van der Waals surface area contributed by atoms with Crippen molar-refractivity contribution in [1.29, 1.82) is 0 Å². The van der Waals surface area contributed by atoms with Crippen LogP contribution in [0.15, 0.2) is 146 Å². The van der Waals surface area contributed by atoms with Crippen LogP contribution in [-0.4, -0.2) is 16.1 Å². The summed E-state index contributed by atoms with van der Waals surface area (Å²) in [5.41, 5.74) is 9.89. The fourth-order valence-corrected chi connectivity index (χ4v) is 10.9. The molecule has 8 aromatic rings. The van der Waals surface area contributed by atoms with E-state index < -0.39 is 16.1 Å². The first kappa shape index (κ1) is 37.7. The molecule has 0 fully saturated rings. The Morgan fingerprint density at radius 3 is 0.964 bits per heavy atom. The number of nitrogens with zero attached hydrogens (tertiary/aromatic N) is 2. The zero-order chi connectivity index (χ0) is 39.5. The van der Waals surface area contributed by atoms with Crippen LogP contribution in [0.3, 0.4) is 0 Å². The van der Waals surface area contributed by atoms with E-state index in [1.54, 1.807) is 0 Å². The summed E-state index contributed by atoms with van der Waals surface area (Å²) in [6, 6.07) is 55.3. The molecule has 0 unspecified atom stereocenters. The molecule has 0 bridgehead atoms. The highest BCUT2D eigenvalue weighted by Gasteiger charge is 2.27. The summed E-state index contributed by atoms with van der Waals surface area (Å²) in [7, 11) is -2.94. The Kier molecular flexibility index (Phi) is 9.71. The maximum Gasteiger partial charge on any atom is 0.0775 e. The molecule has 2 nitrogen and oxygen atoms in total. The van der Waals surface area contributed by atoms with Crippen LogP contribution in [0.25, 0.3) is 32.3 Å². The summed E-state index contributed by atoms with van der Waals surface area (Å²) in [5, 5.41) is 10.9. The molecule has 0 saturated heterocycles. The highest BCUT2D eigenvalue weighted by atomic mass is 28.3. The monoisotopic (exact) mass is 764 g/mol. The Hall–Kier alpha value is -5.17. The largest absolute Gasteiger partial charge is 0.310 e. The Balaban J connectivity index is 1.47. The summed E-state index contributed by atoms with van der Waals surface area (Å²) in [4.78, 5) is 4.98. The maximum atomic E-state index is 2.49. The van der Waals surface area contributed by atoms with Gasteiger partial charge in [0.25, 0.3) is 0 Å². The zero-order valence-electron chi connectivity index (χ0n) is 34.9. The molecule has 0 aliphatic rings. The number of hydrogen-bond donors (Lipinski definition) is 0. The van der Waals surface area contributed by atoms with E-state index in [0.717, 1.165) is 0 Å². The van der Waals surface area contributed by atoms with E-state index in [1.807, 2.05) is 0 Å². The van der Waals surface area contributed by atoms with E-state index in [4.69, 9.17) is 0 Å². The molecule has 0 saturated carbocycles. The van der Waals surface area contributed by atoms with Crippen molar-refractivity contribution in [2.45, 2.75) is 78.8 Å². The number of benzene rings is 8. The van der Waals surface area contributed by atoms with Crippen molar-refractivity contribution < 1.29 is 0 Å². The summed E-state index contributed by atoms with van der Waals surface area (Å²) >= 11 is 0. The van der Waals surface area contributed by atoms with Gasteiger partial charge in [-0.1, -0.05) is 162 Å². The molecule has 0 radical (unpaired) electrons. The summed E-state index contributed by atoms with van der Waals surface area (Å²) in [5.74, 6) is 0.667. The molecule has 8 aromatic carbocycles. The molecule has 0 aliphatic heterocycles. The molecular formula is C52H56N2Si2. The molecule has 0 heterocycles. The summed E-state index contributed by atoms with van der Waals surface area (Å²) in [6.45, 7) is 23.9. The van der Waals surface area contributed by atoms with Crippen molar-refractivity contribution in [1.82, 2.24) is 0 Å². The summed E-state index contributed by atoms with van der Waals surface area (Å²) < 4.78 is 0. The van der Waals surface area contributed by atoms with Crippen LogP contribution in [0.2, 0.25) is 39.3 Å². The van der Waals surface area contributed by atoms with Crippen molar-refractivity contribution in [3.8, 4) is 0 Å². The first-order valence-corrected chi connectivity index (χ1v) is 27.4. The number of hydrogen-bond acceptors (Lipinski definition) is 2. The van der Waals surface area contributed by atoms with Crippen LogP contribution in [0.1, 0.15) is 50.7 Å². The number of rotatable bonds is 10. The minimum atomic E-state index is -1.47. The van der Waals surface area contributed by atoms with Gasteiger partial charge in [0.05, 0.1) is 27.5 Å². The topological polar surface area (TPSA) is 6.48 Å². The Labute approximate surface area is 336 Å². The van der Waals surface area contributed by atoms with Crippen LogP contribution >= 0.6 is 0 Å². The van der Waals surface area contributed by atoms with E-state index in [1.165, 1.54) is 87.9 Å². The molecule has 0 amide bonds. The van der Waals surface area contributed by atoms with Gasteiger partial charge in [0, 0.05) is 33.5 Å². The van der Waals surface area contributed by atoms with E-state index in [9.17, 15) is 0 Å². The molecule has 0 N–H and O–H groups in total. The first-order chi connectivity index (χ1) is 26.7. The van der Waals surface area contributed by atoms with Gasteiger partial charge in [-0.2, -0.15) is 0 Å². The van der Waals surface area contributed by atoms with Gasteiger partial charge >= 0.3 is 0 Å². The second-order valence-corrected chi connectivity index (χ2v) is 28.4. The molecule has 8 rings (SSSR count). The quantitative estimate of drug-likeness (QED) is 0.101. The Morgan fingerprint density at radius 1 is 0.357 bits per heavy atom. The lowest BCUT2D eigenvalue weighted by atomic mass is 9.84. The lowest BCUT2D eigenvalue weighted by Crippen LogP contribution is -2.37. The number of para-hydroxylation sites is 2. The maximum absolute atomic E-state index is 2.49. The van der Waals surface area contributed by atoms with Gasteiger partial charge in [-0.05, 0) is 105 Å². The highest BCUT2D eigenvalue weighted by molar-refractivity contribution is 6.89. The average molecular weight is 765 g/mol. The third kappa shape index (κ3) is 6.73. The average Bonchev–Trinajstić information content (AvgIpc) is 3.18. The first-order valence-electron chi connectivity index (χ1n) is 20.4. The van der Waals surface area contributed by atoms with Gasteiger partial charge < -0.3 is 9.80 Å². The van der Waals surface area contributed by atoms with E-state index >= 15 is 0 Å². The van der Waals surface area contributed by atoms with E-state index in [2.05, 4.69) is 222 Å². The number of anilines is 6. The summed E-state index contributed by atoms with van der Waals surface area (Å²) in [6.07, 6.45) is 0. The van der Waals surface area contributed by atoms with Crippen molar-refractivity contribution in [2.75, 3.05) is 9.80 Å². The standard InChI is InChI=1S/C52H56N2Si2/c1-35(2)47-33-49(53(37-17-13-11-14-18-37)39-21-25-41(26-22-39)55(5,6)7)45-32-30-44-48(36(3)4)34-50(46-31-29-43(47)51(45)52(44)46)54(38-19-15-12-16-20-38)40-23-27-42(28-24-40)56(8,9)10/h11-36H,1-10H3. The zero-order valence-corrected chi connectivity index (χ0v) is 36.9. The fraction of sp³-hybridized carbons (Fsp3) is 0.231. The lowest BCUT2D eigenvalue weighted by Gasteiger charge is -2.32. The highest BCUT2D eigenvalue weighted by Crippen LogP contribution is 2.50. The third-order valence-corrected chi connectivity index (χ3v) is 15.8. The molecule has 0 atom stereocenters. The molecule has 0 aromatic heterocycles. The van der Waals surface area contributed by atoms with E-state index in [0.29, 0.717) is 11.8 Å². The smallest absolute Gasteiger partial charge is 0.0775 e. The predicted molar refractivity (Wildman–Crippen MR) is 254 cm³/mol. The molecule has 0 aliphatic carbocycles. The van der Waals surface area contributed by atoms with Crippen LogP contribution in [0.5, 0.6) is 0 Å². The van der Waals surface area contributed by atoms with Crippen molar-refractivity contribution in [3.05, 3.63) is 157 Å². The van der Waals surface area contributed by atoms with Gasteiger partial charge in [-0.15, -0.1) is 0 Å². The van der Waals surface area contributed by atoms with Crippen LogP contribution in [0.4, 0.5) is 34.1 Å². The van der Waals surface area contributed by atoms with Crippen LogP contribution < -0.4 is 20.2 Å². The van der Waals surface area contributed by atoms with Gasteiger partial charge in [-0.3, -0.25) is 0 Å². The second kappa shape index (κ2) is 14.4. The van der Waals surface area contributed by atoms with Gasteiger partial charge in [-0.25, -0.2) is 0 Å². The molecule has 0 spiro atoms. The molecule has 282 valence electrons. The van der Waals surface area contributed by atoms with Crippen molar-refractivity contribution >= 4 is 93.0 Å². The molecular weight excluding hydrogens is 709 g/mol. The Bertz CT molecular complexity index is 2450. The molecule has 56 heavy (non-hydrogen) atoms.